The first kappa shape index (κ1) is 13.1. The zero-order valence-electron chi connectivity index (χ0n) is 10.8. The first-order chi connectivity index (χ1) is 8.61. The van der Waals surface area contributed by atoms with Crippen molar-refractivity contribution in [3.05, 3.63) is 34.5 Å². The molecule has 0 aliphatic heterocycles. The molecule has 0 radical (unpaired) electrons. The Morgan fingerprint density at radius 3 is 2.89 bits per heavy atom. The van der Waals surface area contributed by atoms with E-state index in [-0.39, 0.29) is 5.56 Å². The normalized spacial score (nSPS) is 13.1. The highest BCUT2D eigenvalue weighted by Gasteiger charge is 2.07. The molecule has 0 aliphatic carbocycles. The van der Waals surface area contributed by atoms with Gasteiger partial charge in [0, 0.05) is 24.8 Å². The van der Waals surface area contributed by atoms with Crippen molar-refractivity contribution in [2.45, 2.75) is 33.2 Å². The summed E-state index contributed by atoms with van der Waals surface area (Å²) in [4.78, 5) is 12.2. The number of rotatable bonds is 5. The van der Waals surface area contributed by atoms with E-state index in [0.29, 0.717) is 17.3 Å². The molecule has 4 nitrogen and oxygen atoms in total. The average Bonchev–Trinajstić information content (AvgIpc) is 2.70. The molecule has 18 heavy (non-hydrogen) atoms. The number of hydrogen-bond acceptors (Lipinski definition) is 2. The van der Waals surface area contributed by atoms with E-state index < -0.39 is 0 Å². The second-order valence-corrected chi connectivity index (χ2v) is 5.16. The molecule has 98 valence electrons. The van der Waals surface area contributed by atoms with Crippen molar-refractivity contribution >= 4 is 17.1 Å². The lowest BCUT2D eigenvalue weighted by Gasteiger charge is -2.10. The van der Waals surface area contributed by atoms with Crippen LogP contribution in [-0.2, 0) is 6.54 Å². The van der Waals surface area contributed by atoms with E-state index in [0.717, 1.165) is 25.1 Å². The van der Waals surface area contributed by atoms with E-state index in [1.165, 1.54) is 0 Å². The van der Waals surface area contributed by atoms with Crippen LogP contribution in [0, 0.1) is 12.8 Å². The molecule has 1 atom stereocenters. The summed E-state index contributed by atoms with van der Waals surface area (Å²) in [5, 5.41) is 4.23. The highest BCUT2D eigenvalue weighted by Crippen LogP contribution is 2.09. The fourth-order valence-electron chi connectivity index (χ4n) is 2.01. The third-order valence-corrected chi connectivity index (χ3v) is 3.41. The fraction of sp³-hybridized carbons (Fsp3) is 0.538. The Bertz CT molecular complexity index is 587. The van der Waals surface area contributed by atoms with Gasteiger partial charge in [0.25, 0.3) is 5.56 Å². The SMILES string of the molecule is Cc1cc2c(=O)n(CCC(C)CCCl)ccn2n1. The van der Waals surface area contributed by atoms with Crippen LogP contribution in [0.25, 0.3) is 5.52 Å². The Hall–Kier alpha value is -1.29. The number of aryl methyl sites for hydroxylation is 2. The number of nitrogens with zero attached hydrogens (tertiary/aromatic N) is 3. The lowest BCUT2D eigenvalue weighted by Crippen LogP contribution is -2.22. The smallest absolute Gasteiger partial charge is 0.276 e. The Labute approximate surface area is 111 Å². The van der Waals surface area contributed by atoms with Crippen LogP contribution >= 0.6 is 11.6 Å². The molecule has 5 heteroatoms. The van der Waals surface area contributed by atoms with Crippen molar-refractivity contribution in [3.8, 4) is 0 Å². The third-order valence-electron chi connectivity index (χ3n) is 3.19. The number of halogens is 1. The monoisotopic (exact) mass is 267 g/mol. The van der Waals surface area contributed by atoms with E-state index in [9.17, 15) is 4.79 Å². The maximum Gasteiger partial charge on any atom is 0.276 e. The van der Waals surface area contributed by atoms with Crippen LogP contribution in [0.3, 0.4) is 0 Å². The lowest BCUT2D eigenvalue weighted by atomic mass is 10.1. The lowest BCUT2D eigenvalue weighted by molar-refractivity contribution is 0.464. The zero-order chi connectivity index (χ0) is 13.1. The van der Waals surface area contributed by atoms with Crippen molar-refractivity contribution in [3.63, 3.8) is 0 Å². The molecule has 0 aromatic carbocycles. The van der Waals surface area contributed by atoms with Crippen LogP contribution in [0.4, 0.5) is 0 Å². The molecule has 2 aromatic rings. The molecular weight excluding hydrogens is 250 g/mol. The van der Waals surface area contributed by atoms with Crippen LogP contribution in [0.15, 0.2) is 23.3 Å². The standard InChI is InChI=1S/C13H18ClN3O/c1-10(3-5-14)4-6-16-7-8-17-12(13(16)18)9-11(2)15-17/h7-10H,3-6H2,1-2H3. The minimum absolute atomic E-state index is 0.0242. The largest absolute Gasteiger partial charge is 0.312 e. The third kappa shape index (κ3) is 2.75. The van der Waals surface area contributed by atoms with Gasteiger partial charge in [-0.1, -0.05) is 6.92 Å². The highest BCUT2D eigenvalue weighted by molar-refractivity contribution is 6.17. The predicted molar refractivity (Wildman–Crippen MR) is 73.3 cm³/mol. The molecule has 2 rings (SSSR count). The van der Waals surface area contributed by atoms with Gasteiger partial charge in [0.05, 0.1) is 5.69 Å². The predicted octanol–water partition coefficient (Wildman–Crippen LogP) is 2.46. The summed E-state index contributed by atoms with van der Waals surface area (Å²) >= 11 is 5.71. The maximum absolute atomic E-state index is 12.2. The molecule has 1 unspecified atom stereocenters. The second-order valence-electron chi connectivity index (χ2n) is 4.78. The molecule has 0 amide bonds. The van der Waals surface area contributed by atoms with Crippen LogP contribution in [-0.4, -0.2) is 20.1 Å². The van der Waals surface area contributed by atoms with Gasteiger partial charge in [0.15, 0.2) is 0 Å². The van der Waals surface area contributed by atoms with Gasteiger partial charge in [-0.15, -0.1) is 11.6 Å². The molecule has 2 aromatic heterocycles. The van der Waals surface area contributed by atoms with Crippen molar-refractivity contribution in [2.24, 2.45) is 5.92 Å². The van der Waals surface area contributed by atoms with E-state index in [4.69, 9.17) is 11.6 Å². The summed E-state index contributed by atoms with van der Waals surface area (Å²) in [7, 11) is 0. The number of fused-ring (bicyclic) bond motifs is 1. The van der Waals surface area contributed by atoms with Gasteiger partial charge in [-0.2, -0.15) is 5.10 Å². The highest BCUT2D eigenvalue weighted by atomic mass is 35.5. The topological polar surface area (TPSA) is 39.3 Å². The Morgan fingerprint density at radius 1 is 1.39 bits per heavy atom. The van der Waals surface area contributed by atoms with Gasteiger partial charge in [-0.25, -0.2) is 4.52 Å². The van der Waals surface area contributed by atoms with Crippen molar-refractivity contribution < 1.29 is 0 Å². The van der Waals surface area contributed by atoms with E-state index in [2.05, 4.69) is 12.0 Å². The fourth-order valence-corrected chi connectivity index (χ4v) is 2.39. The van der Waals surface area contributed by atoms with Gasteiger partial charge >= 0.3 is 0 Å². The summed E-state index contributed by atoms with van der Waals surface area (Å²) < 4.78 is 3.39. The van der Waals surface area contributed by atoms with Gasteiger partial charge in [0.2, 0.25) is 0 Å². The van der Waals surface area contributed by atoms with E-state index in [1.54, 1.807) is 15.3 Å². The van der Waals surface area contributed by atoms with Crippen LogP contribution < -0.4 is 5.56 Å². The Balaban J connectivity index is 2.19. The zero-order valence-corrected chi connectivity index (χ0v) is 11.5. The summed E-state index contributed by atoms with van der Waals surface area (Å²) in [6.45, 7) is 4.78. The minimum Gasteiger partial charge on any atom is -0.312 e. The summed E-state index contributed by atoms with van der Waals surface area (Å²) in [6.07, 6.45) is 5.59. The molecule has 0 saturated heterocycles. The molecular formula is C13H18ClN3O. The molecule has 0 saturated carbocycles. The first-order valence-corrected chi connectivity index (χ1v) is 6.76. The molecule has 0 bridgehead atoms. The summed E-state index contributed by atoms with van der Waals surface area (Å²) in [5.41, 5.74) is 1.52. The average molecular weight is 268 g/mol. The number of alkyl halides is 1. The number of hydrogen-bond donors (Lipinski definition) is 0. The van der Waals surface area contributed by atoms with Crippen molar-refractivity contribution in [1.82, 2.24) is 14.2 Å². The van der Waals surface area contributed by atoms with Gasteiger partial charge in [0.1, 0.15) is 5.52 Å². The van der Waals surface area contributed by atoms with Crippen molar-refractivity contribution in [1.29, 1.82) is 0 Å². The van der Waals surface area contributed by atoms with E-state index >= 15 is 0 Å². The van der Waals surface area contributed by atoms with Gasteiger partial charge < -0.3 is 4.57 Å². The molecule has 2 heterocycles. The number of aromatic nitrogens is 3. The minimum atomic E-state index is 0.0242. The summed E-state index contributed by atoms with van der Waals surface area (Å²) in [5.74, 6) is 1.22. The Kier molecular flexibility index (Phi) is 4.07. The molecule has 0 N–H and O–H groups in total. The molecule has 0 fully saturated rings. The van der Waals surface area contributed by atoms with Crippen LogP contribution in [0.2, 0.25) is 0 Å². The van der Waals surface area contributed by atoms with Crippen LogP contribution in [0.5, 0.6) is 0 Å². The first-order valence-electron chi connectivity index (χ1n) is 6.23. The van der Waals surface area contributed by atoms with Crippen LogP contribution in [0.1, 0.15) is 25.5 Å². The second kappa shape index (κ2) is 5.57. The molecule has 0 aliphatic rings. The van der Waals surface area contributed by atoms with Gasteiger partial charge in [-0.3, -0.25) is 4.79 Å². The van der Waals surface area contributed by atoms with E-state index in [1.807, 2.05) is 19.2 Å². The maximum atomic E-state index is 12.2. The summed E-state index contributed by atoms with van der Waals surface area (Å²) in [6, 6.07) is 1.82. The van der Waals surface area contributed by atoms with Crippen molar-refractivity contribution in [2.75, 3.05) is 5.88 Å². The van der Waals surface area contributed by atoms with Gasteiger partial charge in [-0.05, 0) is 31.7 Å². The quantitative estimate of drug-likeness (QED) is 0.781. The Morgan fingerprint density at radius 2 is 2.17 bits per heavy atom. The molecule has 0 spiro atoms.